The van der Waals surface area contributed by atoms with E-state index in [9.17, 15) is 0 Å². The summed E-state index contributed by atoms with van der Waals surface area (Å²) in [7, 11) is 1.96. The third-order valence-electron chi connectivity index (χ3n) is 3.78. The highest BCUT2D eigenvalue weighted by Crippen LogP contribution is 2.22. The van der Waals surface area contributed by atoms with E-state index in [0.29, 0.717) is 26.1 Å². The standard InChI is InChI=1S/C16H22N4O/c1-12-9-14-15(10-13(12)2)20(6-4-5-17)16(18-14)11-19(3)7-8-21/h9-10,21H,4,6-8,11H2,1-3H3. The van der Waals surface area contributed by atoms with Gasteiger partial charge in [-0.05, 0) is 44.2 Å². The lowest BCUT2D eigenvalue weighted by Gasteiger charge is -2.15. The average Bonchev–Trinajstić information content (AvgIpc) is 2.74. The fourth-order valence-corrected chi connectivity index (χ4v) is 2.45. The molecule has 0 aliphatic rings. The maximum Gasteiger partial charge on any atom is 0.124 e. The lowest BCUT2D eigenvalue weighted by atomic mass is 10.1. The number of nitrogens with zero attached hydrogens (tertiary/aromatic N) is 4. The first-order chi connectivity index (χ1) is 10.1. The zero-order valence-electron chi connectivity index (χ0n) is 12.9. The number of rotatable bonds is 6. The molecule has 1 N–H and O–H groups in total. The molecule has 0 amide bonds. The zero-order chi connectivity index (χ0) is 15.4. The minimum atomic E-state index is 0.132. The van der Waals surface area contributed by atoms with Gasteiger partial charge in [-0.2, -0.15) is 5.26 Å². The Hall–Kier alpha value is -1.90. The number of aliphatic hydroxyl groups excluding tert-OH is 1. The molecule has 0 spiro atoms. The minimum absolute atomic E-state index is 0.132. The molecule has 0 aliphatic carbocycles. The van der Waals surface area contributed by atoms with E-state index >= 15 is 0 Å². The van der Waals surface area contributed by atoms with Crippen molar-refractivity contribution in [2.45, 2.75) is 33.4 Å². The molecule has 112 valence electrons. The predicted molar refractivity (Wildman–Crippen MR) is 82.9 cm³/mol. The number of benzene rings is 1. The Labute approximate surface area is 125 Å². The Morgan fingerprint density at radius 2 is 2.05 bits per heavy atom. The van der Waals surface area contributed by atoms with Crippen LogP contribution in [0.1, 0.15) is 23.4 Å². The topological polar surface area (TPSA) is 65.1 Å². The first-order valence-electron chi connectivity index (χ1n) is 7.19. The molecule has 1 aromatic carbocycles. The summed E-state index contributed by atoms with van der Waals surface area (Å²) in [6.07, 6.45) is 0.467. The van der Waals surface area contributed by atoms with Crippen LogP contribution < -0.4 is 0 Å². The van der Waals surface area contributed by atoms with E-state index in [1.165, 1.54) is 11.1 Å². The summed E-state index contributed by atoms with van der Waals surface area (Å²) in [6.45, 7) is 6.23. The smallest absolute Gasteiger partial charge is 0.124 e. The highest BCUT2D eigenvalue weighted by atomic mass is 16.3. The van der Waals surface area contributed by atoms with E-state index in [4.69, 9.17) is 15.4 Å². The molecule has 1 aromatic heterocycles. The molecule has 1 heterocycles. The van der Waals surface area contributed by atoms with Crippen LogP contribution in [0.4, 0.5) is 0 Å². The van der Waals surface area contributed by atoms with Gasteiger partial charge in [0.1, 0.15) is 5.82 Å². The van der Waals surface area contributed by atoms with Gasteiger partial charge >= 0.3 is 0 Å². The van der Waals surface area contributed by atoms with Gasteiger partial charge in [-0.3, -0.25) is 4.90 Å². The van der Waals surface area contributed by atoms with Gasteiger partial charge in [-0.25, -0.2) is 4.98 Å². The first-order valence-corrected chi connectivity index (χ1v) is 7.19. The fourth-order valence-electron chi connectivity index (χ4n) is 2.45. The minimum Gasteiger partial charge on any atom is -0.395 e. The van der Waals surface area contributed by atoms with Gasteiger partial charge in [0.15, 0.2) is 0 Å². The molecule has 0 fully saturated rings. The van der Waals surface area contributed by atoms with Crippen LogP contribution in [-0.4, -0.2) is 39.8 Å². The van der Waals surface area contributed by atoms with Gasteiger partial charge in [0.2, 0.25) is 0 Å². The van der Waals surface area contributed by atoms with Crippen LogP contribution in [0.25, 0.3) is 11.0 Å². The quantitative estimate of drug-likeness (QED) is 0.882. The number of fused-ring (bicyclic) bond motifs is 1. The second kappa shape index (κ2) is 6.70. The molecular formula is C16H22N4O. The van der Waals surface area contributed by atoms with Crippen molar-refractivity contribution in [3.8, 4) is 6.07 Å². The molecule has 0 saturated carbocycles. The lowest BCUT2D eigenvalue weighted by Crippen LogP contribution is -2.23. The number of aryl methyl sites for hydroxylation is 3. The van der Waals surface area contributed by atoms with Gasteiger partial charge in [0, 0.05) is 13.1 Å². The van der Waals surface area contributed by atoms with Gasteiger partial charge in [-0.1, -0.05) is 0 Å². The van der Waals surface area contributed by atoms with Crippen molar-refractivity contribution in [2.75, 3.05) is 20.2 Å². The van der Waals surface area contributed by atoms with Crippen LogP contribution in [0.5, 0.6) is 0 Å². The number of hydrogen-bond acceptors (Lipinski definition) is 4. The van der Waals surface area contributed by atoms with Crippen molar-refractivity contribution >= 4 is 11.0 Å². The molecule has 5 heteroatoms. The summed E-state index contributed by atoms with van der Waals surface area (Å²) in [5, 5.41) is 17.9. The molecule has 21 heavy (non-hydrogen) atoms. The van der Waals surface area contributed by atoms with Gasteiger partial charge in [-0.15, -0.1) is 0 Å². The van der Waals surface area contributed by atoms with E-state index in [0.717, 1.165) is 16.9 Å². The maximum atomic E-state index is 9.03. The van der Waals surface area contributed by atoms with Crippen LogP contribution >= 0.6 is 0 Å². The SMILES string of the molecule is Cc1cc2nc(CN(C)CCO)n(CCC#N)c2cc1C. The summed E-state index contributed by atoms with van der Waals surface area (Å²) >= 11 is 0. The van der Waals surface area contributed by atoms with Crippen LogP contribution in [0.2, 0.25) is 0 Å². The van der Waals surface area contributed by atoms with E-state index in [2.05, 4.69) is 36.6 Å². The molecule has 0 radical (unpaired) electrons. The van der Waals surface area contributed by atoms with Gasteiger partial charge in [0.25, 0.3) is 0 Å². The third-order valence-corrected chi connectivity index (χ3v) is 3.78. The van der Waals surface area contributed by atoms with Gasteiger partial charge < -0.3 is 9.67 Å². The van der Waals surface area contributed by atoms with Crippen LogP contribution in [0, 0.1) is 25.2 Å². The van der Waals surface area contributed by atoms with E-state index in [1.54, 1.807) is 0 Å². The molecule has 0 bridgehead atoms. The van der Waals surface area contributed by atoms with Crippen molar-refractivity contribution in [2.24, 2.45) is 0 Å². The summed E-state index contributed by atoms with van der Waals surface area (Å²) < 4.78 is 2.12. The Kier molecular flexibility index (Phi) is 4.94. The van der Waals surface area contributed by atoms with Crippen LogP contribution in [0.3, 0.4) is 0 Å². The van der Waals surface area contributed by atoms with Crippen LogP contribution in [-0.2, 0) is 13.1 Å². The second-order valence-corrected chi connectivity index (χ2v) is 5.47. The Morgan fingerprint density at radius 3 is 2.71 bits per heavy atom. The summed E-state index contributed by atoms with van der Waals surface area (Å²) in [5.74, 6) is 0.946. The molecular weight excluding hydrogens is 264 g/mol. The highest BCUT2D eigenvalue weighted by molar-refractivity contribution is 5.78. The predicted octanol–water partition coefficient (Wildman–Crippen LogP) is 1.99. The van der Waals surface area contributed by atoms with Crippen LogP contribution in [0.15, 0.2) is 12.1 Å². The first kappa shape index (κ1) is 15.5. The van der Waals surface area contributed by atoms with Crippen molar-refractivity contribution in [1.82, 2.24) is 14.5 Å². The molecule has 0 aliphatic heterocycles. The number of likely N-dealkylation sites (N-methyl/N-ethyl adjacent to an activating group) is 1. The lowest BCUT2D eigenvalue weighted by molar-refractivity contribution is 0.213. The van der Waals surface area contributed by atoms with Crippen molar-refractivity contribution in [1.29, 1.82) is 5.26 Å². The molecule has 0 unspecified atom stereocenters. The number of nitriles is 1. The molecule has 0 atom stereocenters. The Morgan fingerprint density at radius 1 is 1.33 bits per heavy atom. The zero-order valence-corrected chi connectivity index (χ0v) is 12.9. The monoisotopic (exact) mass is 286 g/mol. The van der Waals surface area contributed by atoms with Crippen molar-refractivity contribution < 1.29 is 5.11 Å². The van der Waals surface area contributed by atoms with Crippen molar-refractivity contribution in [3.63, 3.8) is 0 Å². The largest absolute Gasteiger partial charge is 0.395 e. The van der Waals surface area contributed by atoms with Gasteiger partial charge in [0.05, 0.1) is 36.7 Å². The van der Waals surface area contributed by atoms with Crippen molar-refractivity contribution in [3.05, 3.63) is 29.1 Å². The Bertz CT molecular complexity index is 669. The van der Waals surface area contributed by atoms with E-state index in [-0.39, 0.29) is 6.61 Å². The molecule has 2 rings (SSSR count). The molecule has 2 aromatic rings. The molecule has 5 nitrogen and oxygen atoms in total. The van der Waals surface area contributed by atoms with E-state index in [1.807, 2.05) is 11.9 Å². The fraction of sp³-hybridized carbons (Fsp3) is 0.500. The van der Waals surface area contributed by atoms with E-state index < -0.39 is 0 Å². The average molecular weight is 286 g/mol. The number of aliphatic hydroxyl groups is 1. The normalized spacial score (nSPS) is 11.2. The number of aromatic nitrogens is 2. The summed E-state index contributed by atoms with van der Waals surface area (Å²) in [6, 6.07) is 6.44. The summed E-state index contributed by atoms with van der Waals surface area (Å²) in [4.78, 5) is 6.75. The summed E-state index contributed by atoms with van der Waals surface area (Å²) in [5.41, 5.74) is 4.52. The Balaban J connectivity index is 2.44. The number of hydrogen-bond donors (Lipinski definition) is 1. The number of imidazole rings is 1. The second-order valence-electron chi connectivity index (χ2n) is 5.47. The molecule has 0 saturated heterocycles. The maximum absolute atomic E-state index is 9.03. The highest BCUT2D eigenvalue weighted by Gasteiger charge is 2.13. The third kappa shape index (κ3) is 3.41.